The Morgan fingerprint density at radius 3 is 2.61 bits per heavy atom. The lowest BCUT2D eigenvalue weighted by Gasteiger charge is -2.11. The molecule has 31 heavy (non-hydrogen) atoms. The second-order valence-corrected chi connectivity index (χ2v) is 7.60. The molecule has 4 aromatic rings. The summed E-state index contributed by atoms with van der Waals surface area (Å²) in [6.07, 6.45) is 1.58. The summed E-state index contributed by atoms with van der Waals surface area (Å²) in [5, 5.41) is 4.76. The molecule has 0 aliphatic carbocycles. The maximum absolute atomic E-state index is 12.7. The summed E-state index contributed by atoms with van der Waals surface area (Å²) in [5.41, 5.74) is 3.93. The number of aromatic nitrogens is 5. The van der Waals surface area contributed by atoms with Crippen LogP contribution in [0.3, 0.4) is 0 Å². The molecule has 0 aliphatic heterocycles. The summed E-state index contributed by atoms with van der Waals surface area (Å²) < 4.78 is 8.62. The molecule has 0 spiro atoms. The van der Waals surface area contributed by atoms with Gasteiger partial charge in [0.2, 0.25) is 5.78 Å². The number of Topliss-reactive ketones (excluding diaryl/α,β-unsaturated/α-hetero) is 1. The van der Waals surface area contributed by atoms with Crippen molar-refractivity contribution in [1.29, 1.82) is 0 Å². The third-order valence-electron chi connectivity index (χ3n) is 5.11. The van der Waals surface area contributed by atoms with E-state index in [-0.39, 0.29) is 11.6 Å². The molecular weight excluding hydrogens is 418 g/mol. The van der Waals surface area contributed by atoms with Gasteiger partial charge in [-0.05, 0) is 44.5 Å². The number of rotatable bonds is 6. The summed E-state index contributed by atoms with van der Waals surface area (Å²) in [6.45, 7) is 5.74. The Morgan fingerprint density at radius 1 is 1.10 bits per heavy atom. The maximum atomic E-state index is 12.7. The number of carbonyl (C=O) groups is 2. The minimum absolute atomic E-state index is 0.140. The number of ether oxygens (including phenoxy) is 1. The predicted octanol–water partition coefficient (Wildman–Crippen LogP) is 3.59. The Morgan fingerprint density at radius 2 is 1.87 bits per heavy atom. The first kappa shape index (κ1) is 20.7. The van der Waals surface area contributed by atoms with Crippen LogP contribution in [0.25, 0.3) is 5.78 Å². The fourth-order valence-corrected chi connectivity index (χ4v) is 3.59. The molecule has 0 bridgehead atoms. The van der Waals surface area contributed by atoms with Crippen LogP contribution in [0.1, 0.15) is 43.6 Å². The molecule has 0 radical (unpaired) electrons. The highest BCUT2D eigenvalue weighted by Crippen LogP contribution is 2.21. The molecule has 0 amide bonds. The van der Waals surface area contributed by atoms with Crippen molar-refractivity contribution >= 4 is 29.1 Å². The summed E-state index contributed by atoms with van der Waals surface area (Å²) in [4.78, 5) is 33.2. The van der Waals surface area contributed by atoms with E-state index < -0.39 is 12.6 Å². The molecule has 0 fully saturated rings. The molecule has 0 saturated carbocycles. The molecule has 0 N–H and O–H groups in total. The van der Waals surface area contributed by atoms with Crippen LogP contribution < -0.4 is 0 Å². The lowest BCUT2D eigenvalue weighted by molar-refractivity contribution is 0.0462. The molecule has 9 heteroatoms. The van der Waals surface area contributed by atoms with Crippen molar-refractivity contribution in [3.63, 3.8) is 0 Å². The third kappa shape index (κ3) is 4.06. The van der Waals surface area contributed by atoms with E-state index in [1.54, 1.807) is 18.3 Å². The van der Waals surface area contributed by atoms with Gasteiger partial charge in [-0.15, -0.1) is 5.10 Å². The number of fused-ring (bicyclic) bond motifs is 1. The molecule has 0 unspecified atom stereocenters. The van der Waals surface area contributed by atoms with Crippen LogP contribution >= 0.6 is 11.6 Å². The first-order valence-electron chi connectivity index (χ1n) is 9.64. The molecule has 4 rings (SSSR count). The zero-order valence-electron chi connectivity index (χ0n) is 17.3. The highest BCUT2D eigenvalue weighted by atomic mass is 35.5. The summed E-state index contributed by atoms with van der Waals surface area (Å²) in [6, 6.07) is 11.1. The second-order valence-electron chi connectivity index (χ2n) is 7.20. The van der Waals surface area contributed by atoms with Crippen LogP contribution in [-0.4, -0.2) is 42.5 Å². The molecule has 3 heterocycles. The van der Waals surface area contributed by atoms with E-state index in [1.807, 2.05) is 49.6 Å². The van der Waals surface area contributed by atoms with Crippen LogP contribution in [0.5, 0.6) is 0 Å². The minimum Gasteiger partial charge on any atom is -0.451 e. The van der Waals surface area contributed by atoms with Crippen LogP contribution in [0.2, 0.25) is 5.02 Å². The number of aryl methyl sites for hydroxylation is 2. The molecule has 1 aromatic carbocycles. The number of nitrogens with zero attached hydrogens (tertiary/aromatic N) is 5. The number of halogens is 1. The van der Waals surface area contributed by atoms with Crippen molar-refractivity contribution in [2.45, 2.75) is 27.3 Å². The van der Waals surface area contributed by atoms with E-state index in [4.69, 9.17) is 16.3 Å². The number of hydrogen-bond acceptors (Lipinski definition) is 6. The average Bonchev–Trinajstić information content (AvgIpc) is 3.31. The fourth-order valence-electron chi connectivity index (χ4n) is 3.39. The van der Waals surface area contributed by atoms with Crippen molar-refractivity contribution in [3.8, 4) is 0 Å². The van der Waals surface area contributed by atoms with Crippen LogP contribution in [0, 0.1) is 20.8 Å². The largest absolute Gasteiger partial charge is 0.451 e. The maximum Gasteiger partial charge on any atom is 0.378 e. The van der Waals surface area contributed by atoms with Crippen LogP contribution in [-0.2, 0) is 11.3 Å². The average molecular weight is 438 g/mol. The minimum atomic E-state index is -0.775. The van der Waals surface area contributed by atoms with E-state index in [0.717, 1.165) is 22.6 Å². The standard InChI is InChI=1S/C22H20ClN5O3/c1-13-8-9-24-22-25-20(26-28(13)22)21(30)31-12-19(29)17-10-14(2)27(15(17)3)11-16-6-4-5-7-18(16)23/h4-10H,11-12H2,1-3H3. The number of benzene rings is 1. The molecule has 3 aromatic heterocycles. The van der Waals surface area contributed by atoms with Crippen molar-refractivity contribution in [2.24, 2.45) is 0 Å². The quantitative estimate of drug-likeness (QED) is 0.338. The van der Waals surface area contributed by atoms with Gasteiger partial charge < -0.3 is 9.30 Å². The summed E-state index contributed by atoms with van der Waals surface area (Å²) in [5.74, 6) is -0.923. The number of hydrogen-bond donors (Lipinski definition) is 0. The molecule has 158 valence electrons. The van der Waals surface area contributed by atoms with Crippen molar-refractivity contribution in [2.75, 3.05) is 6.61 Å². The number of esters is 1. The molecule has 0 aliphatic rings. The van der Waals surface area contributed by atoms with E-state index in [9.17, 15) is 9.59 Å². The van der Waals surface area contributed by atoms with Gasteiger partial charge in [0.05, 0.1) is 0 Å². The molecule has 0 saturated heterocycles. The Kier molecular flexibility index (Phi) is 5.56. The van der Waals surface area contributed by atoms with Gasteiger partial charge in [0.15, 0.2) is 6.61 Å². The Bertz CT molecular complexity index is 1310. The smallest absolute Gasteiger partial charge is 0.378 e. The summed E-state index contributed by atoms with van der Waals surface area (Å²) >= 11 is 6.27. The molecular formula is C22H20ClN5O3. The highest BCUT2D eigenvalue weighted by Gasteiger charge is 2.21. The number of carbonyl (C=O) groups excluding carboxylic acids is 2. The monoisotopic (exact) mass is 437 g/mol. The first-order chi connectivity index (χ1) is 14.8. The van der Waals surface area contributed by atoms with E-state index in [0.29, 0.717) is 22.9 Å². The molecule has 0 atom stereocenters. The third-order valence-corrected chi connectivity index (χ3v) is 5.48. The topological polar surface area (TPSA) is 91.4 Å². The van der Waals surface area contributed by atoms with Crippen molar-refractivity contribution in [3.05, 3.63) is 81.7 Å². The first-order valence-corrected chi connectivity index (χ1v) is 10.0. The van der Waals surface area contributed by atoms with Crippen LogP contribution in [0.15, 0.2) is 42.6 Å². The Hall–Kier alpha value is -3.52. The van der Waals surface area contributed by atoms with Gasteiger partial charge in [-0.25, -0.2) is 14.3 Å². The molecule has 8 nitrogen and oxygen atoms in total. The van der Waals surface area contributed by atoms with Gasteiger partial charge in [-0.1, -0.05) is 29.8 Å². The van der Waals surface area contributed by atoms with Gasteiger partial charge in [-0.3, -0.25) is 4.79 Å². The van der Waals surface area contributed by atoms with Gasteiger partial charge >= 0.3 is 5.97 Å². The lowest BCUT2D eigenvalue weighted by Crippen LogP contribution is -2.16. The van der Waals surface area contributed by atoms with E-state index >= 15 is 0 Å². The zero-order valence-corrected chi connectivity index (χ0v) is 18.1. The highest BCUT2D eigenvalue weighted by molar-refractivity contribution is 6.31. The number of ketones is 1. The predicted molar refractivity (Wildman–Crippen MR) is 115 cm³/mol. The SMILES string of the molecule is Cc1cc(C(=O)COC(=O)c2nc3nccc(C)n3n2)c(C)n1Cc1ccccc1Cl. The van der Waals surface area contributed by atoms with E-state index in [1.165, 1.54) is 4.52 Å². The van der Waals surface area contributed by atoms with Gasteiger partial charge in [0, 0.05) is 40.4 Å². The van der Waals surface area contributed by atoms with Crippen LogP contribution in [0.4, 0.5) is 0 Å². The zero-order chi connectivity index (χ0) is 22.1. The summed E-state index contributed by atoms with van der Waals surface area (Å²) in [7, 11) is 0. The lowest BCUT2D eigenvalue weighted by atomic mass is 10.1. The van der Waals surface area contributed by atoms with Crippen molar-refractivity contribution < 1.29 is 14.3 Å². The fraction of sp³-hybridized carbons (Fsp3) is 0.227. The van der Waals surface area contributed by atoms with E-state index in [2.05, 4.69) is 15.1 Å². The normalized spacial score (nSPS) is 11.1. The van der Waals surface area contributed by atoms with Gasteiger partial charge in [-0.2, -0.15) is 4.98 Å². The van der Waals surface area contributed by atoms with Gasteiger partial charge in [0.25, 0.3) is 11.6 Å². The Balaban J connectivity index is 1.48. The Labute approximate surface area is 183 Å². The second kappa shape index (κ2) is 8.31. The van der Waals surface area contributed by atoms with Gasteiger partial charge in [0.1, 0.15) is 0 Å². The van der Waals surface area contributed by atoms with Crippen molar-refractivity contribution in [1.82, 2.24) is 24.1 Å².